The summed E-state index contributed by atoms with van der Waals surface area (Å²) in [5.74, 6) is -1.03. The fourth-order valence-electron chi connectivity index (χ4n) is 2.54. The third-order valence-electron chi connectivity index (χ3n) is 3.87. The molecule has 3 rings (SSSR count). The van der Waals surface area contributed by atoms with Gasteiger partial charge < -0.3 is 10.1 Å². The molecule has 2 N–H and O–H groups in total. The standard InChI is InChI=1S/C19H17N3O4/c1-12-6-2-5-9-15(12)20-17(23)11-26-18(24)10-16-13-7-3-4-8-14(13)19(25)22-21-16/h2-9H,10-11H2,1H3,(H,20,23)(H,22,25). The molecule has 1 heterocycles. The van der Waals surface area contributed by atoms with Crippen molar-refractivity contribution >= 4 is 28.3 Å². The van der Waals surface area contributed by atoms with Crippen LogP contribution in [0.4, 0.5) is 5.69 Å². The van der Waals surface area contributed by atoms with Crippen molar-refractivity contribution in [3.63, 3.8) is 0 Å². The van der Waals surface area contributed by atoms with Gasteiger partial charge in [-0.3, -0.25) is 14.4 Å². The van der Waals surface area contributed by atoms with Gasteiger partial charge in [-0.05, 0) is 24.6 Å². The number of anilines is 1. The van der Waals surface area contributed by atoms with E-state index in [1.54, 1.807) is 30.3 Å². The zero-order valence-corrected chi connectivity index (χ0v) is 14.1. The number of aryl methyl sites for hydroxylation is 1. The number of H-pyrrole nitrogens is 1. The van der Waals surface area contributed by atoms with Crippen molar-refractivity contribution in [3.05, 3.63) is 70.1 Å². The predicted molar refractivity (Wildman–Crippen MR) is 96.8 cm³/mol. The number of fused-ring (bicyclic) bond motifs is 1. The summed E-state index contributed by atoms with van der Waals surface area (Å²) in [7, 11) is 0. The smallest absolute Gasteiger partial charge is 0.312 e. The molecule has 132 valence electrons. The number of aromatic nitrogens is 2. The number of hydrogen-bond donors (Lipinski definition) is 2. The number of esters is 1. The van der Waals surface area contributed by atoms with Crippen molar-refractivity contribution in [1.29, 1.82) is 0 Å². The summed E-state index contributed by atoms with van der Waals surface area (Å²) in [6.07, 6.45) is -0.144. The van der Waals surface area contributed by atoms with Gasteiger partial charge >= 0.3 is 5.97 Å². The Morgan fingerprint density at radius 3 is 2.54 bits per heavy atom. The Morgan fingerprint density at radius 1 is 1.08 bits per heavy atom. The van der Waals surface area contributed by atoms with Gasteiger partial charge in [-0.1, -0.05) is 36.4 Å². The number of benzene rings is 2. The highest BCUT2D eigenvalue weighted by Gasteiger charge is 2.13. The van der Waals surface area contributed by atoms with Crippen LogP contribution in [0.25, 0.3) is 10.8 Å². The summed E-state index contributed by atoms with van der Waals surface area (Å²) in [4.78, 5) is 35.7. The maximum atomic E-state index is 12.0. The van der Waals surface area contributed by atoms with Crippen LogP contribution in [0.15, 0.2) is 53.3 Å². The number of para-hydroxylation sites is 1. The van der Waals surface area contributed by atoms with Crippen LogP contribution in [0.2, 0.25) is 0 Å². The van der Waals surface area contributed by atoms with E-state index in [1.165, 1.54) is 0 Å². The Bertz CT molecular complexity index is 1030. The molecule has 26 heavy (non-hydrogen) atoms. The van der Waals surface area contributed by atoms with Crippen LogP contribution in [0.5, 0.6) is 0 Å². The number of ether oxygens (including phenoxy) is 1. The molecule has 0 radical (unpaired) electrons. The third kappa shape index (κ3) is 3.94. The van der Waals surface area contributed by atoms with Crippen LogP contribution in [-0.4, -0.2) is 28.7 Å². The number of rotatable bonds is 5. The monoisotopic (exact) mass is 351 g/mol. The van der Waals surface area contributed by atoms with Crippen LogP contribution >= 0.6 is 0 Å². The van der Waals surface area contributed by atoms with Crippen LogP contribution in [0, 0.1) is 6.92 Å². The van der Waals surface area contributed by atoms with Crippen molar-refractivity contribution < 1.29 is 14.3 Å². The van der Waals surface area contributed by atoms with E-state index in [0.717, 1.165) is 5.56 Å². The maximum Gasteiger partial charge on any atom is 0.312 e. The zero-order chi connectivity index (χ0) is 18.5. The van der Waals surface area contributed by atoms with Crippen molar-refractivity contribution in [3.8, 4) is 0 Å². The van der Waals surface area contributed by atoms with E-state index in [0.29, 0.717) is 22.2 Å². The Morgan fingerprint density at radius 2 is 1.77 bits per heavy atom. The molecule has 7 nitrogen and oxygen atoms in total. The van der Waals surface area contributed by atoms with Crippen LogP contribution in [0.3, 0.4) is 0 Å². The molecule has 3 aromatic rings. The number of carbonyl (C=O) groups is 2. The topological polar surface area (TPSA) is 101 Å². The minimum Gasteiger partial charge on any atom is -0.455 e. The van der Waals surface area contributed by atoms with Gasteiger partial charge in [0, 0.05) is 11.1 Å². The minimum absolute atomic E-state index is 0.144. The summed E-state index contributed by atoms with van der Waals surface area (Å²) in [5, 5.41) is 9.99. The highest BCUT2D eigenvalue weighted by molar-refractivity contribution is 5.94. The fraction of sp³-hybridized carbons (Fsp3) is 0.158. The van der Waals surface area contributed by atoms with E-state index in [4.69, 9.17) is 4.74 Å². The van der Waals surface area contributed by atoms with E-state index in [9.17, 15) is 14.4 Å². The van der Waals surface area contributed by atoms with E-state index >= 15 is 0 Å². The molecular formula is C19H17N3O4. The van der Waals surface area contributed by atoms with E-state index in [2.05, 4.69) is 15.5 Å². The first-order valence-electron chi connectivity index (χ1n) is 8.02. The number of carbonyl (C=O) groups excluding carboxylic acids is 2. The van der Waals surface area contributed by atoms with Crippen LogP contribution in [0.1, 0.15) is 11.3 Å². The molecule has 0 aliphatic rings. The summed E-state index contributed by atoms with van der Waals surface area (Å²) in [5.41, 5.74) is 1.65. The zero-order valence-electron chi connectivity index (χ0n) is 14.1. The molecule has 0 fully saturated rings. The fourth-order valence-corrected chi connectivity index (χ4v) is 2.54. The van der Waals surface area contributed by atoms with Gasteiger partial charge in [0.05, 0.1) is 17.5 Å². The third-order valence-corrected chi connectivity index (χ3v) is 3.87. The number of hydrogen-bond acceptors (Lipinski definition) is 5. The highest BCUT2D eigenvalue weighted by Crippen LogP contribution is 2.14. The van der Waals surface area contributed by atoms with Gasteiger partial charge in [-0.25, -0.2) is 5.10 Å². The van der Waals surface area contributed by atoms with Crippen molar-refractivity contribution in [2.24, 2.45) is 0 Å². The Balaban J connectivity index is 1.61. The number of amides is 1. The summed E-state index contributed by atoms with van der Waals surface area (Å²) >= 11 is 0. The molecule has 0 saturated carbocycles. The van der Waals surface area contributed by atoms with Crippen molar-refractivity contribution in [2.45, 2.75) is 13.3 Å². The highest BCUT2D eigenvalue weighted by atomic mass is 16.5. The van der Waals surface area contributed by atoms with Gasteiger partial charge in [0.25, 0.3) is 11.5 Å². The first-order valence-corrected chi connectivity index (χ1v) is 8.02. The van der Waals surface area contributed by atoms with Crippen molar-refractivity contribution in [1.82, 2.24) is 10.2 Å². The van der Waals surface area contributed by atoms with Gasteiger partial charge in [0.1, 0.15) is 0 Å². The lowest BCUT2D eigenvalue weighted by molar-refractivity contribution is -0.146. The molecule has 0 saturated heterocycles. The minimum atomic E-state index is -0.602. The quantitative estimate of drug-likeness (QED) is 0.684. The van der Waals surface area contributed by atoms with E-state index < -0.39 is 18.5 Å². The molecule has 0 bridgehead atoms. The Kier molecular flexibility index (Phi) is 5.07. The molecule has 1 amide bonds. The molecule has 0 spiro atoms. The van der Waals surface area contributed by atoms with Gasteiger partial charge in [0.15, 0.2) is 6.61 Å². The van der Waals surface area contributed by atoms with Crippen LogP contribution in [-0.2, 0) is 20.7 Å². The lowest BCUT2D eigenvalue weighted by atomic mass is 10.1. The molecule has 1 aromatic heterocycles. The lowest BCUT2D eigenvalue weighted by Gasteiger charge is -2.09. The lowest BCUT2D eigenvalue weighted by Crippen LogP contribution is -2.22. The predicted octanol–water partition coefficient (Wildman–Crippen LogP) is 1.96. The van der Waals surface area contributed by atoms with E-state index in [1.807, 2.05) is 25.1 Å². The van der Waals surface area contributed by atoms with Gasteiger partial charge in [-0.15, -0.1) is 0 Å². The molecule has 0 aliphatic heterocycles. The molecule has 0 unspecified atom stereocenters. The summed E-state index contributed by atoms with van der Waals surface area (Å²) in [6, 6.07) is 14.2. The molecule has 2 aromatic carbocycles. The average molecular weight is 351 g/mol. The van der Waals surface area contributed by atoms with Gasteiger partial charge in [-0.2, -0.15) is 5.10 Å². The second-order valence-corrected chi connectivity index (χ2v) is 5.75. The first-order chi connectivity index (χ1) is 12.5. The largest absolute Gasteiger partial charge is 0.455 e. The first kappa shape index (κ1) is 17.3. The van der Waals surface area contributed by atoms with Crippen molar-refractivity contribution in [2.75, 3.05) is 11.9 Å². The Labute approximate surface area is 149 Å². The number of aromatic amines is 1. The molecular weight excluding hydrogens is 334 g/mol. The van der Waals surface area contributed by atoms with E-state index in [-0.39, 0.29) is 12.0 Å². The normalized spacial score (nSPS) is 10.5. The summed E-state index contributed by atoms with van der Waals surface area (Å²) in [6.45, 7) is 1.48. The number of nitrogens with zero attached hydrogens (tertiary/aromatic N) is 1. The maximum absolute atomic E-state index is 12.0. The SMILES string of the molecule is Cc1ccccc1NC(=O)COC(=O)Cc1n[nH]c(=O)c2ccccc12. The number of nitrogens with one attached hydrogen (secondary N) is 2. The molecule has 0 atom stereocenters. The Hall–Kier alpha value is -3.48. The molecule has 7 heteroatoms. The second-order valence-electron chi connectivity index (χ2n) is 5.75. The summed E-state index contributed by atoms with van der Waals surface area (Å²) < 4.78 is 5.02. The van der Waals surface area contributed by atoms with Gasteiger partial charge in [0.2, 0.25) is 0 Å². The van der Waals surface area contributed by atoms with Crippen LogP contribution < -0.4 is 10.9 Å². The average Bonchev–Trinajstić information content (AvgIpc) is 2.64. The molecule has 0 aliphatic carbocycles. The second kappa shape index (κ2) is 7.60.